The Kier molecular flexibility index (Phi) is 3.51. The van der Waals surface area contributed by atoms with Gasteiger partial charge in [0.05, 0.1) is 12.3 Å². The van der Waals surface area contributed by atoms with Crippen LogP contribution in [-0.2, 0) is 4.74 Å². The van der Waals surface area contributed by atoms with Crippen LogP contribution in [0, 0.1) is 0 Å². The highest BCUT2D eigenvalue weighted by Crippen LogP contribution is 2.14. The second-order valence-corrected chi connectivity index (χ2v) is 3.83. The molecule has 0 spiro atoms. The third-order valence-electron chi connectivity index (χ3n) is 2.75. The lowest BCUT2D eigenvalue weighted by atomic mass is 10.2. The second-order valence-electron chi connectivity index (χ2n) is 3.83. The summed E-state index contributed by atoms with van der Waals surface area (Å²) in [6.07, 6.45) is 3.74. The van der Waals surface area contributed by atoms with E-state index in [9.17, 15) is 4.79 Å². The van der Waals surface area contributed by atoms with Crippen molar-refractivity contribution in [2.75, 3.05) is 19.7 Å². The quantitative estimate of drug-likeness (QED) is 0.805. The predicted octanol–water partition coefficient (Wildman–Crippen LogP) is 0.446. The summed E-state index contributed by atoms with van der Waals surface area (Å²) in [6.45, 7) is 4.06. The summed E-state index contributed by atoms with van der Waals surface area (Å²) in [4.78, 5) is 13.7. The minimum absolute atomic E-state index is 0.0910. The van der Waals surface area contributed by atoms with Crippen LogP contribution >= 0.6 is 0 Å². The van der Waals surface area contributed by atoms with Gasteiger partial charge in [0, 0.05) is 19.7 Å². The number of amides is 1. The normalized spacial score (nSPS) is 19.9. The molecular formula is C10H16N4O2. The summed E-state index contributed by atoms with van der Waals surface area (Å²) in [5.74, 6) is -0.0910. The van der Waals surface area contributed by atoms with Gasteiger partial charge in [-0.3, -0.25) is 4.79 Å². The molecule has 1 fully saturated rings. The van der Waals surface area contributed by atoms with Crippen LogP contribution in [0.1, 0.15) is 30.3 Å². The number of nitrogens with one attached hydrogen (secondary N) is 1. The molecule has 1 aromatic heterocycles. The van der Waals surface area contributed by atoms with Crippen molar-refractivity contribution in [3.05, 3.63) is 11.9 Å². The van der Waals surface area contributed by atoms with E-state index in [-0.39, 0.29) is 12.0 Å². The van der Waals surface area contributed by atoms with E-state index in [0.717, 1.165) is 19.4 Å². The number of likely N-dealkylation sites (N-methyl/N-ethyl adjacent to an activating group) is 1. The van der Waals surface area contributed by atoms with Crippen molar-refractivity contribution in [3.63, 3.8) is 0 Å². The zero-order valence-electron chi connectivity index (χ0n) is 9.35. The van der Waals surface area contributed by atoms with Gasteiger partial charge < -0.3 is 9.64 Å². The maximum Gasteiger partial charge on any atom is 0.276 e. The number of rotatable bonds is 4. The Balaban J connectivity index is 1.96. The number of nitrogens with zero attached hydrogens (tertiary/aromatic N) is 3. The smallest absolute Gasteiger partial charge is 0.276 e. The van der Waals surface area contributed by atoms with E-state index in [2.05, 4.69) is 15.4 Å². The van der Waals surface area contributed by atoms with Crippen LogP contribution in [0.3, 0.4) is 0 Å². The Morgan fingerprint density at radius 1 is 1.75 bits per heavy atom. The van der Waals surface area contributed by atoms with Crippen LogP contribution in [-0.4, -0.2) is 52.0 Å². The number of carbonyl (C=O) groups is 1. The van der Waals surface area contributed by atoms with Crippen LogP contribution in [0.5, 0.6) is 0 Å². The van der Waals surface area contributed by atoms with Gasteiger partial charge in [0.2, 0.25) is 0 Å². The average molecular weight is 224 g/mol. The number of aromatic amines is 1. The monoisotopic (exact) mass is 224 g/mol. The Bertz CT molecular complexity index is 333. The molecule has 1 aromatic rings. The molecule has 2 rings (SSSR count). The zero-order chi connectivity index (χ0) is 11.4. The van der Waals surface area contributed by atoms with Crippen molar-refractivity contribution in [3.8, 4) is 0 Å². The standard InChI is InChI=1S/C10H16N4O2/c1-2-14(7-8-4-3-5-16-8)10(15)9-6-11-13-12-9/h6,8H,2-5,7H2,1H3,(H,11,12,13). The third-order valence-corrected chi connectivity index (χ3v) is 2.75. The van der Waals surface area contributed by atoms with Crippen LogP contribution in [0.4, 0.5) is 0 Å². The van der Waals surface area contributed by atoms with Gasteiger partial charge in [0.25, 0.3) is 5.91 Å². The fourth-order valence-corrected chi connectivity index (χ4v) is 1.86. The first kappa shape index (κ1) is 11.1. The highest BCUT2D eigenvalue weighted by atomic mass is 16.5. The van der Waals surface area contributed by atoms with Crippen LogP contribution in [0.25, 0.3) is 0 Å². The molecule has 1 saturated heterocycles. The van der Waals surface area contributed by atoms with E-state index in [1.54, 1.807) is 4.90 Å². The molecule has 0 bridgehead atoms. The summed E-state index contributed by atoms with van der Waals surface area (Å²) >= 11 is 0. The molecule has 1 aliphatic rings. The van der Waals surface area contributed by atoms with E-state index in [1.165, 1.54) is 6.20 Å². The maximum absolute atomic E-state index is 12.0. The predicted molar refractivity (Wildman–Crippen MR) is 56.9 cm³/mol. The molecule has 1 amide bonds. The van der Waals surface area contributed by atoms with E-state index >= 15 is 0 Å². The molecular weight excluding hydrogens is 208 g/mol. The van der Waals surface area contributed by atoms with E-state index in [1.807, 2.05) is 6.92 Å². The minimum atomic E-state index is -0.0910. The van der Waals surface area contributed by atoms with Gasteiger partial charge in [-0.05, 0) is 19.8 Å². The van der Waals surface area contributed by atoms with Crippen molar-refractivity contribution >= 4 is 5.91 Å². The summed E-state index contributed by atoms with van der Waals surface area (Å²) in [5.41, 5.74) is 0.361. The number of carbonyl (C=O) groups excluding carboxylic acids is 1. The van der Waals surface area contributed by atoms with Crippen LogP contribution in [0.15, 0.2) is 6.20 Å². The lowest BCUT2D eigenvalue weighted by molar-refractivity contribution is 0.0535. The molecule has 0 saturated carbocycles. The Morgan fingerprint density at radius 3 is 3.19 bits per heavy atom. The molecule has 1 N–H and O–H groups in total. The maximum atomic E-state index is 12.0. The number of hydrogen-bond acceptors (Lipinski definition) is 4. The zero-order valence-corrected chi connectivity index (χ0v) is 9.35. The summed E-state index contributed by atoms with van der Waals surface area (Å²) in [6, 6.07) is 0. The van der Waals surface area contributed by atoms with Gasteiger partial charge in [0.1, 0.15) is 0 Å². The van der Waals surface area contributed by atoms with Crippen molar-refractivity contribution in [1.29, 1.82) is 0 Å². The van der Waals surface area contributed by atoms with E-state index in [4.69, 9.17) is 4.74 Å². The third kappa shape index (κ3) is 2.38. The number of hydrogen-bond donors (Lipinski definition) is 1. The number of ether oxygens (including phenoxy) is 1. The van der Waals surface area contributed by atoms with Gasteiger partial charge in [-0.25, -0.2) is 0 Å². The summed E-state index contributed by atoms with van der Waals surface area (Å²) in [7, 11) is 0. The van der Waals surface area contributed by atoms with Gasteiger partial charge in [-0.15, -0.1) is 0 Å². The highest BCUT2D eigenvalue weighted by molar-refractivity contribution is 5.91. The topological polar surface area (TPSA) is 71.1 Å². The van der Waals surface area contributed by atoms with Gasteiger partial charge in [-0.2, -0.15) is 15.4 Å². The number of aromatic nitrogens is 3. The number of H-pyrrole nitrogens is 1. The first-order valence-electron chi connectivity index (χ1n) is 5.58. The van der Waals surface area contributed by atoms with E-state index < -0.39 is 0 Å². The van der Waals surface area contributed by atoms with Crippen molar-refractivity contribution in [2.24, 2.45) is 0 Å². The Hall–Kier alpha value is -1.43. The molecule has 0 radical (unpaired) electrons. The van der Waals surface area contributed by atoms with Crippen molar-refractivity contribution < 1.29 is 9.53 Å². The van der Waals surface area contributed by atoms with Crippen LogP contribution in [0.2, 0.25) is 0 Å². The molecule has 6 nitrogen and oxygen atoms in total. The summed E-state index contributed by atoms with van der Waals surface area (Å²) in [5, 5.41) is 9.87. The first-order chi connectivity index (χ1) is 7.81. The first-order valence-corrected chi connectivity index (χ1v) is 5.58. The molecule has 6 heteroatoms. The molecule has 88 valence electrons. The summed E-state index contributed by atoms with van der Waals surface area (Å²) < 4.78 is 5.52. The Morgan fingerprint density at radius 2 is 2.62 bits per heavy atom. The Labute approximate surface area is 94.0 Å². The lowest BCUT2D eigenvalue weighted by Gasteiger charge is -2.22. The molecule has 1 aliphatic heterocycles. The van der Waals surface area contributed by atoms with Gasteiger partial charge >= 0.3 is 0 Å². The average Bonchev–Trinajstić information content (AvgIpc) is 2.97. The SMILES string of the molecule is CCN(CC1CCCO1)C(=O)c1cn[nH]n1. The molecule has 0 aromatic carbocycles. The molecule has 2 heterocycles. The van der Waals surface area contributed by atoms with Crippen molar-refractivity contribution in [1.82, 2.24) is 20.3 Å². The van der Waals surface area contributed by atoms with Crippen LogP contribution < -0.4 is 0 Å². The second kappa shape index (κ2) is 5.07. The largest absolute Gasteiger partial charge is 0.376 e. The molecule has 1 atom stereocenters. The fourth-order valence-electron chi connectivity index (χ4n) is 1.86. The molecule has 16 heavy (non-hydrogen) atoms. The highest BCUT2D eigenvalue weighted by Gasteiger charge is 2.23. The fraction of sp³-hybridized carbons (Fsp3) is 0.700. The molecule has 1 unspecified atom stereocenters. The van der Waals surface area contributed by atoms with Gasteiger partial charge in [-0.1, -0.05) is 0 Å². The van der Waals surface area contributed by atoms with Gasteiger partial charge in [0.15, 0.2) is 5.69 Å². The van der Waals surface area contributed by atoms with Crippen molar-refractivity contribution in [2.45, 2.75) is 25.9 Å². The minimum Gasteiger partial charge on any atom is -0.376 e. The molecule has 0 aliphatic carbocycles. The van der Waals surface area contributed by atoms with E-state index in [0.29, 0.717) is 18.8 Å². The lowest BCUT2D eigenvalue weighted by Crippen LogP contribution is -2.37.